The van der Waals surface area contributed by atoms with Crippen LogP contribution in [0.1, 0.15) is 35.3 Å². The van der Waals surface area contributed by atoms with Gasteiger partial charge >= 0.3 is 11.9 Å². The van der Waals surface area contributed by atoms with Gasteiger partial charge in [0.05, 0.1) is 35.0 Å². The number of nitrogens with zero attached hydrogens (tertiary/aromatic N) is 3. The lowest BCUT2D eigenvalue weighted by atomic mass is 10.1. The maximum atomic E-state index is 13.4. The molecule has 4 rings (SSSR count). The van der Waals surface area contributed by atoms with Crippen LogP contribution in [0, 0.1) is 11.3 Å². The molecule has 3 heterocycles. The van der Waals surface area contributed by atoms with E-state index < -0.39 is 29.0 Å². The van der Waals surface area contributed by atoms with Gasteiger partial charge in [-0.15, -0.1) is 0 Å². The van der Waals surface area contributed by atoms with Gasteiger partial charge in [-0.1, -0.05) is 0 Å². The van der Waals surface area contributed by atoms with Gasteiger partial charge in [0, 0.05) is 6.54 Å². The largest absolute Gasteiger partial charge is 0.493 e. The Balaban J connectivity index is 2.00. The topological polar surface area (TPSA) is 83.0 Å². The molecule has 1 saturated heterocycles. The summed E-state index contributed by atoms with van der Waals surface area (Å²) >= 11 is 0. The number of benzene rings is 1. The lowest BCUT2D eigenvalue weighted by Crippen LogP contribution is -2.31. The molecule has 0 saturated carbocycles. The molecule has 2 aliphatic rings. The molecular weight excluding hydrogens is 325 g/mol. The van der Waals surface area contributed by atoms with Crippen LogP contribution in [0.2, 0.25) is 0 Å². The highest BCUT2D eigenvalue weighted by atomic mass is 19.4. The van der Waals surface area contributed by atoms with Crippen molar-refractivity contribution < 1.29 is 18.3 Å². The Labute approximate surface area is 133 Å². The molecule has 1 fully saturated rings. The number of imidazole rings is 1. The Morgan fingerprint density at radius 3 is 2.75 bits per heavy atom. The minimum Gasteiger partial charge on any atom is -0.493 e. The van der Waals surface area contributed by atoms with E-state index in [0.29, 0.717) is 29.3 Å². The summed E-state index contributed by atoms with van der Waals surface area (Å²) in [7, 11) is 0. The molecule has 6 nitrogen and oxygen atoms in total. The van der Waals surface area contributed by atoms with Crippen molar-refractivity contribution in [2.45, 2.75) is 24.7 Å². The molecule has 24 heavy (non-hydrogen) atoms. The Morgan fingerprint density at radius 2 is 2.12 bits per heavy atom. The SMILES string of the molecule is N#Cc1ccc(-n2c(O)c3n(c2=O)[C@H]2CN[C@@H]3C2)c(C(F)(F)F)c1. The van der Waals surface area contributed by atoms with Crippen LogP contribution in [0.5, 0.6) is 5.88 Å². The lowest BCUT2D eigenvalue weighted by molar-refractivity contribution is -0.137. The smallest absolute Gasteiger partial charge is 0.418 e. The predicted molar refractivity (Wildman–Crippen MR) is 75.8 cm³/mol. The van der Waals surface area contributed by atoms with Crippen LogP contribution in [0.15, 0.2) is 23.0 Å². The van der Waals surface area contributed by atoms with Crippen LogP contribution in [-0.2, 0) is 6.18 Å². The lowest BCUT2D eigenvalue weighted by Gasteiger charge is -2.14. The molecule has 1 aromatic carbocycles. The average molecular weight is 336 g/mol. The quantitative estimate of drug-likeness (QED) is 0.832. The third-order valence-electron chi connectivity index (χ3n) is 4.57. The fourth-order valence-corrected chi connectivity index (χ4v) is 3.57. The zero-order valence-corrected chi connectivity index (χ0v) is 12.1. The third-order valence-corrected chi connectivity index (χ3v) is 4.57. The standard InChI is InChI=1S/C15H11F3N4O2/c16-15(17,18)9-3-7(5-19)1-2-11(9)22-13(23)12-10-4-8(6-20-10)21(12)14(22)24/h1-3,8,10,20,23H,4,6H2/t8-,10-/m1/s1. The normalized spacial score (nSPS) is 21.8. The van der Waals surface area contributed by atoms with Crippen molar-refractivity contribution in [1.82, 2.24) is 14.5 Å². The summed E-state index contributed by atoms with van der Waals surface area (Å²) in [4.78, 5) is 12.6. The van der Waals surface area contributed by atoms with E-state index in [4.69, 9.17) is 5.26 Å². The van der Waals surface area contributed by atoms with E-state index >= 15 is 0 Å². The van der Waals surface area contributed by atoms with Crippen molar-refractivity contribution in [3.8, 4) is 17.6 Å². The Bertz CT molecular complexity index is 951. The van der Waals surface area contributed by atoms with E-state index in [1.807, 2.05) is 0 Å². The summed E-state index contributed by atoms with van der Waals surface area (Å²) in [6, 6.07) is 4.14. The molecule has 2 bridgehead atoms. The number of nitrogens with one attached hydrogen (secondary N) is 1. The maximum Gasteiger partial charge on any atom is 0.418 e. The molecule has 2 aromatic rings. The van der Waals surface area contributed by atoms with Gasteiger partial charge in [0.1, 0.15) is 5.69 Å². The molecule has 0 spiro atoms. The molecular formula is C15H11F3N4O2. The molecule has 2 N–H and O–H groups in total. The van der Waals surface area contributed by atoms with Crippen molar-refractivity contribution in [3.63, 3.8) is 0 Å². The zero-order valence-electron chi connectivity index (χ0n) is 12.1. The number of aromatic nitrogens is 2. The number of aromatic hydroxyl groups is 1. The number of hydrogen-bond acceptors (Lipinski definition) is 4. The molecule has 0 amide bonds. The molecule has 9 heteroatoms. The van der Waals surface area contributed by atoms with Crippen LogP contribution in [0.4, 0.5) is 13.2 Å². The number of nitriles is 1. The molecule has 0 unspecified atom stereocenters. The Kier molecular flexibility index (Phi) is 2.87. The number of hydrogen-bond donors (Lipinski definition) is 2. The molecule has 124 valence electrons. The minimum absolute atomic E-state index is 0.169. The van der Waals surface area contributed by atoms with Gasteiger partial charge in [-0.3, -0.25) is 4.57 Å². The summed E-state index contributed by atoms with van der Waals surface area (Å²) < 4.78 is 42.1. The first kappa shape index (κ1) is 14.8. The van der Waals surface area contributed by atoms with Crippen LogP contribution < -0.4 is 11.0 Å². The Hall–Kier alpha value is -2.73. The van der Waals surface area contributed by atoms with Crippen molar-refractivity contribution in [2.75, 3.05) is 6.54 Å². The van der Waals surface area contributed by atoms with Gasteiger partial charge in [-0.2, -0.15) is 18.4 Å². The van der Waals surface area contributed by atoms with Gasteiger partial charge < -0.3 is 10.4 Å². The van der Waals surface area contributed by atoms with Crippen LogP contribution in [-0.4, -0.2) is 20.8 Å². The highest BCUT2D eigenvalue weighted by molar-refractivity contribution is 5.51. The predicted octanol–water partition coefficient (Wildman–Crippen LogP) is 1.82. The van der Waals surface area contributed by atoms with Gasteiger partial charge in [0.15, 0.2) is 0 Å². The van der Waals surface area contributed by atoms with E-state index in [0.717, 1.165) is 6.07 Å². The molecule has 0 aliphatic carbocycles. The van der Waals surface area contributed by atoms with Crippen molar-refractivity contribution in [2.24, 2.45) is 0 Å². The first-order chi connectivity index (χ1) is 11.3. The van der Waals surface area contributed by atoms with Crippen molar-refractivity contribution in [3.05, 3.63) is 45.5 Å². The first-order valence-electron chi connectivity index (χ1n) is 7.24. The molecule has 1 aromatic heterocycles. The van der Waals surface area contributed by atoms with Gasteiger partial charge in [-0.25, -0.2) is 9.36 Å². The highest BCUT2D eigenvalue weighted by Gasteiger charge is 2.44. The van der Waals surface area contributed by atoms with E-state index in [2.05, 4.69) is 5.32 Å². The number of fused-ring (bicyclic) bond motifs is 5. The van der Waals surface area contributed by atoms with Crippen LogP contribution >= 0.6 is 0 Å². The molecule has 2 atom stereocenters. The maximum absolute atomic E-state index is 13.4. The number of halogens is 3. The highest BCUT2D eigenvalue weighted by Crippen LogP contribution is 2.44. The van der Waals surface area contributed by atoms with Crippen molar-refractivity contribution >= 4 is 0 Å². The van der Waals surface area contributed by atoms with E-state index in [1.54, 1.807) is 6.07 Å². The fourth-order valence-electron chi connectivity index (χ4n) is 3.57. The van der Waals surface area contributed by atoms with Gasteiger partial charge in [-0.05, 0) is 24.6 Å². The average Bonchev–Trinajstić information content (AvgIpc) is 3.20. The summed E-state index contributed by atoms with van der Waals surface area (Å²) in [6.07, 6.45) is -4.13. The fraction of sp³-hybridized carbons (Fsp3) is 0.333. The third kappa shape index (κ3) is 1.83. The van der Waals surface area contributed by atoms with Crippen LogP contribution in [0.3, 0.4) is 0 Å². The zero-order chi connectivity index (χ0) is 17.2. The van der Waals surface area contributed by atoms with E-state index in [-0.39, 0.29) is 17.6 Å². The monoisotopic (exact) mass is 336 g/mol. The molecule has 0 radical (unpaired) electrons. The number of alkyl halides is 3. The summed E-state index contributed by atoms with van der Waals surface area (Å²) in [5.41, 5.74) is -2.18. The second kappa shape index (κ2) is 4.64. The van der Waals surface area contributed by atoms with Gasteiger partial charge in [0.25, 0.3) is 0 Å². The summed E-state index contributed by atoms with van der Waals surface area (Å²) in [6.45, 7) is 0.542. The van der Waals surface area contributed by atoms with Crippen molar-refractivity contribution in [1.29, 1.82) is 5.26 Å². The minimum atomic E-state index is -4.77. The summed E-state index contributed by atoms with van der Waals surface area (Å²) in [5.74, 6) is -0.491. The van der Waals surface area contributed by atoms with E-state index in [1.165, 1.54) is 10.6 Å². The van der Waals surface area contributed by atoms with Gasteiger partial charge in [0.2, 0.25) is 5.88 Å². The van der Waals surface area contributed by atoms with Crippen LogP contribution in [0.25, 0.3) is 5.69 Å². The Morgan fingerprint density at radius 1 is 1.38 bits per heavy atom. The van der Waals surface area contributed by atoms with E-state index in [9.17, 15) is 23.1 Å². The second-order valence-corrected chi connectivity index (χ2v) is 5.89. The molecule has 2 aliphatic heterocycles. The second-order valence-electron chi connectivity index (χ2n) is 5.89. The summed E-state index contributed by atoms with van der Waals surface area (Å²) in [5, 5.41) is 22.3. The first-order valence-corrected chi connectivity index (χ1v) is 7.24. The number of rotatable bonds is 1.